The summed E-state index contributed by atoms with van der Waals surface area (Å²) in [5, 5.41) is 8.12. The van der Waals surface area contributed by atoms with Crippen LogP contribution in [0.15, 0.2) is 21.3 Å². The van der Waals surface area contributed by atoms with E-state index in [2.05, 4.69) is 22.1 Å². The first-order valence-electron chi connectivity index (χ1n) is 7.53. The Morgan fingerprint density at radius 1 is 1.43 bits per heavy atom. The van der Waals surface area contributed by atoms with Crippen LogP contribution in [0.1, 0.15) is 31.6 Å². The van der Waals surface area contributed by atoms with Gasteiger partial charge in [-0.25, -0.2) is 0 Å². The van der Waals surface area contributed by atoms with Gasteiger partial charge < -0.3 is 10.3 Å². The minimum Gasteiger partial charge on any atom is -0.338 e. The maximum atomic E-state index is 5.92. The third-order valence-corrected chi connectivity index (χ3v) is 5.05. The molecule has 0 saturated heterocycles. The average molecular weight is 306 g/mol. The molecule has 2 aromatic rings. The van der Waals surface area contributed by atoms with Gasteiger partial charge in [-0.05, 0) is 43.8 Å². The second-order valence-electron chi connectivity index (χ2n) is 5.79. The van der Waals surface area contributed by atoms with Crippen LogP contribution in [-0.4, -0.2) is 34.7 Å². The molecule has 1 aliphatic carbocycles. The first-order chi connectivity index (χ1) is 10.3. The minimum absolute atomic E-state index is 0.528. The average Bonchev–Trinajstić information content (AvgIpc) is 3.17. The molecule has 2 unspecified atom stereocenters. The third-order valence-electron chi connectivity index (χ3n) is 4.37. The van der Waals surface area contributed by atoms with Crippen molar-refractivity contribution in [3.05, 3.63) is 22.7 Å². The van der Waals surface area contributed by atoms with Crippen LogP contribution < -0.4 is 5.73 Å². The Morgan fingerprint density at radius 3 is 3.05 bits per heavy atom. The van der Waals surface area contributed by atoms with Crippen molar-refractivity contribution in [2.45, 2.75) is 38.3 Å². The molecule has 0 aromatic carbocycles. The molecule has 0 bridgehead atoms. The van der Waals surface area contributed by atoms with Gasteiger partial charge >= 0.3 is 0 Å². The normalized spacial score (nSPS) is 22.8. The van der Waals surface area contributed by atoms with Gasteiger partial charge in [0.05, 0.1) is 6.54 Å². The molecular formula is C15H22N4OS. The van der Waals surface area contributed by atoms with E-state index in [9.17, 15) is 0 Å². The standard InChI is InChI=1S/C15H22N4OS/c1-19(13-5-3-2-4-11(13)8-16)9-14-17-15(18-20-14)12-6-7-21-10-12/h6-7,10-11,13H,2-5,8-9,16H2,1H3. The van der Waals surface area contributed by atoms with Gasteiger partial charge in [-0.3, -0.25) is 4.90 Å². The maximum Gasteiger partial charge on any atom is 0.241 e. The molecule has 2 N–H and O–H groups in total. The summed E-state index contributed by atoms with van der Waals surface area (Å²) in [6.45, 7) is 1.46. The van der Waals surface area contributed by atoms with Crippen molar-refractivity contribution in [2.24, 2.45) is 11.7 Å². The van der Waals surface area contributed by atoms with E-state index in [-0.39, 0.29) is 0 Å². The fourth-order valence-corrected chi connectivity index (χ4v) is 3.84. The molecule has 0 radical (unpaired) electrons. The fourth-order valence-electron chi connectivity index (χ4n) is 3.20. The molecule has 0 spiro atoms. The first kappa shape index (κ1) is 14.7. The fraction of sp³-hybridized carbons (Fsp3) is 0.600. The lowest BCUT2D eigenvalue weighted by Gasteiger charge is -2.36. The summed E-state index contributed by atoms with van der Waals surface area (Å²) in [5.41, 5.74) is 6.94. The smallest absolute Gasteiger partial charge is 0.241 e. The Balaban J connectivity index is 1.65. The van der Waals surface area contributed by atoms with E-state index in [1.165, 1.54) is 25.7 Å². The van der Waals surface area contributed by atoms with Crippen LogP contribution >= 0.6 is 11.3 Å². The molecule has 2 aromatic heterocycles. The minimum atomic E-state index is 0.528. The van der Waals surface area contributed by atoms with E-state index < -0.39 is 0 Å². The zero-order valence-electron chi connectivity index (χ0n) is 12.4. The zero-order chi connectivity index (χ0) is 14.7. The van der Waals surface area contributed by atoms with Crippen LogP contribution in [0.4, 0.5) is 0 Å². The number of hydrogen-bond donors (Lipinski definition) is 1. The van der Waals surface area contributed by atoms with Gasteiger partial charge in [-0.1, -0.05) is 18.0 Å². The largest absolute Gasteiger partial charge is 0.338 e. The summed E-state index contributed by atoms with van der Waals surface area (Å²) < 4.78 is 5.39. The number of nitrogens with two attached hydrogens (primary N) is 1. The number of thiophene rings is 1. The lowest BCUT2D eigenvalue weighted by atomic mass is 9.84. The molecule has 3 rings (SSSR count). The predicted molar refractivity (Wildman–Crippen MR) is 83.9 cm³/mol. The van der Waals surface area contributed by atoms with Crippen LogP contribution in [0, 0.1) is 5.92 Å². The highest BCUT2D eigenvalue weighted by Crippen LogP contribution is 2.28. The summed E-state index contributed by atoms with van der Waals surface area (Å²) in [4.78, 5) is 6.82. The Kier molecular flexibility index (Phi) is 4.67. The molecule has 0 amide bonds. The molecule has 6 heteroatoms. The third kappa shape index (κ3) is 3.33. The van der Waals surface area contributed by atoms with Crippen molar-refractivity contribution in [2.75, 3.05) is 13.6 Å². The summed E-state index contributed by atoms with van der Waals surface area (Å²) in [6.07, 6.45) is 5.03. The van der Waals surface area contributed by atoms with E-state index in [1.54, 1.807) is 11.3 Å². The number of hydrogen-bond acceptors (Lipinski definition) is 6. The predicted octanol–water partition coefficient (Wildman–Crippen LogP) is 2.75. The van der Waals surface area contributed by atoms with Crippen LogP contribution in [0.5, 0.6) is 0 Å². The van der Waals surface area contributed by atoms with Crippen LogP contribution in [0.25, 0.3) is 11.4 Å². The van der Waals surface area contributed by atoms with Crippen molar-refractivity contribution >= 4 is 11.3 Å². The molecule has 1 fully saturated rings. The van der Waals surface area contributed by atoms with Gasteiger partial charge in [-0.15, -0.1) is 0 Å². The summed E-state index contributed by atoms with van der Waals surface area (Å²) >= 11 is 1.64. The van der Waals surface area contributed by atoms with Gasteiger partial charge in [0, 0.05) is 17.0 Å². The Labute approximate surface area is 129 Å². The van der Waals surface area contributed by atoms with Gasteiger partial charge in [-0.2, -0.15) is 16.3 Å². The van der Waals surface area contributed by atoms with Crippen LogP contribution in [-0.2, 0) is 6.54 Å². The number of nitrogens with zero attached hydrogens (tertiary/aromatic N) is 3. The van der Waals surface area contributed by atoms with E-state index in [4.69, 9.17) is 10.3 Å². The molecule has 2 atom stereocenters. The highest BCUT2D eigenvalue weighted by atomic mass is 32.1. The van der Waals surface area contributed by atoms with Crippen molar-refractivity contribution < 1.29 is 4.52 Å². The molecule has 1 saturated carbocycles. The van der Waals surface area contributed by atoms with E-state index in [1.807, 2.05) is 16.8 Å². The van der Waals surface area contributed by atoms with Crippen LogP contribution in [0.2, 0.25) is 0 Å². The Bertz CT molecular complexity index is 554. The summed E-state index contributed by atoms with van der Waals surface area (Å²) in [5.74, 6) is 1.95. The molecular weight excluding hydrogens is 284 g/mol. The van der Waals surface area contributed by atoms with E-state index >= 15 is 0 Å². The highest BCUT2D eigenvalue weighted by molar-refractivity contribution is 7.08. The van der Waals surface area contributed by atoms with Gasteiger partial charge in [0.15, 0.2) is 0 Å². The monoisotopic (exact) mass is 306 g/mol. The lowest BCUT2D eigenvalue weighted by molar-refractivity contribution is 0.115. The molecule has 5 nitrogen and oxygen atoms in total. The zero-order valence-corrected chi connectivity index (χ0v) is 13.2. The van der Waals surface area contributed by atoms with Gasteiger partial charge in [0.25, 0.3) is 0 Å². The molecule has 114 valence electrons. The van der Waals surface area contributed by atoms with Crippen molar-refractivity contribution in [3.8, 4) is 11.4 Å². The van der Waals surface area contributed by atoms with Crippen molar-refractivity contribution in [1.82, 2.24) is 15.0 Å². The SMILES string of the molecule is CN(Cc1nc(-c2ccsc2)no1)C1CCCCC1CN. The van der Waals surface area contributed by atoms with Crippen LogP contribution in [0.3, 0.4) is 0 Å². The van der Waals surface area contributed by atoms with Crippen molar-refractivity contribution in [1.29, 1.82) is 0 Å². The van der Waals surface area contributed by atoms with Gasteiger partial charge in [0.2, 0.25) is 11.7 Å². The topological polar surface area (TPSA) is 68.2 Å². The second-order valence-corrected chi connectivity index (χ2v) is 6.57. The second kappa shape index (κ2) is 6.68. The highest BCUT2D eigenvalue weighted by Gasteiger charge is 2.28. The van der Waals surface area contributed by atoms with E-state index in [0.717, 1.165) is 12.1 Å². The maximum absolute atomic E-state index is 5.92. The lowest BCUT2D eigenvalue weighted by Crippen LogP contribution is -2.42. The van der Waals surface area contributed by atoms with Gasteiger partial charge in [0.1, 0.15) is 0 Å². The quantitative estimate of drug-likeness (QED) is 0.920. The number of rotatable bonds is 5. The Hall–Kier alpha value is -1.24. The Morgan fingerprint density at radius 2 is 2.29 bits per heavy atom. The molecule has 21 heavy (non-hydrogen) atoms. The van der Waals surface area contributed by atoms with E-state index in [0.29, 0.717) is 30.2 Å². The molecule has 2 heterocycles. The molecule has 1 aliphatic rings. The summed E-state index contributed by atoms with van der Waals surface area (Å²) in [7, 11) is 2.13. The summed E-state index contributed by atoms with van der Waals surface area (Å²) in [6, 6.07) is 2.54. The molecule has 0 aliphatic heterocycles. The van der Waals surface area contributed by atoms with Crippen molar-refractivity contribution in [3.63, 3.8) is 0 Å². The number of aromatic nitrogens is 2. The first-order valence-corrected chi connectivity index (χ1v) is 8.47.